The van der Waals surface area contributed by atoms with Crippen molar-refractivity contribution in [2.24, 2.45) is 5.92 Å². The molecule has 6 heteroatoms. The van der Waals surface area contributed by atoms with Gasteiger partial charge in [-0.25, -0.2) is 0 Å². The minimum absolute atomic E-state index is 0.0162. The summed E-state index contributed by atoms with van der Waals surface area (Å²) in [4.78, 5) is 27.4. The van der Waals surface area contributed by atoms with Crippen LogP contribution in [0.3, 0.4) is 0 Å². The van der Waals surface area contributed by atoms with Gasteiger partial charge in [0.1, 0.15) is 11.9 Å². The minimum Gasteiger partial charge on any atom is -0.485 e. The van der Waals surface area contributed by atoms with Gasteiger partial charge >= 0.3 is 5.97 Å². The number of hydrogen-bond donors (Lipinski definition) is 1. The molecular formula is C29H33NO4S. The molecule has 2 aromatic carbocycles. The van der Waals surface area contributed by atoms with Gasteiger partial charge < -0.3 is 14.7 Å². The summed E-state index contributed by atoms with van der Waals surface area (Å²) in [5.41, 5.74) is 3.01. The van der Waals surface area contributed by atoms with Gasteiger partial charge in [0, 0.05) is 34.8 Å². The van der Waals surface area contributed by atoms with E-state index in [-0.39, 0.29) is 25.0 Å². The van der Waals surface area contributed by atoms with Gasteiger partial charge in [-0.05, 0) is 61.2 Å². The third-order valence-corrected chi connectivity index (χ3v) is 8.07. The summed E-state index contributed by atoms with van der Waals surface area (Å²) in [5, 5.41) is 8.87. The number of hydrogen-bond acceptors (Lipinski definition) is 4. The van der Waals surface area contributed by atoms with Crippen LogP contribution in [0.4, 0.5) is 0 Å². The van der Waals surface area contributed by atoms with Crippen molar-refractivity contribution in [3.8, 4) is 16.2 Å². The molecular weight excluding hydrogens is 458 g/mol. The van der Waals surface area contributed by atoms with E-state index in [9.17, 15) is 9.59 Å². The molecule has 1 aliphatic rings. The number of aryl methyl sites for hydroxylation is 1. The molecule has 0 spiro atoms. The van der Waals surface area contributed by atoms with Gasteiger partial charge in [0.25, 0.3) is 5.91 Å². The molecule has 0 aliphatic heterocycles. The number of carboxylic acid groups (broad SMARTS) is 1. The Morgan fingerprint density at radius 3 is 2.40 bits per heavy atom. The van der Waals surface area contributed by atoms with Gasteiger partial charge in [0.05, 0.1) is 6.42 Å². The Hall–Kier alpha value is -3.12. The van der Waals surface area contributed by atoms with Crippen molar-refractivity contribution in [3.05, 3.63) is 76.7 Å². The van der Waals surface area contributed by atoms with E-state index in [2.05, 4.69) is 37.3 Å². The van der Waals surface area contributed by atoms with E-state index in [0.717, 1.165) is 18.6 Å². The number of thiophene rings is 1. The average Bonchev–Trinajstić information content (AvgIpc) is 3.28. The van der Waals surface area contributed by atoms with Crippen molar-refractivity contribution in [1.82, 2.24) is 4.90 Å². The van der Waals surface area contributed by atoms with E-state index in [1.54, 1.807) is 19.2 Å². The summed E-state index contributed by atoms with van der Waals surface area (Å²) in [6.07, 6.45) is 5.98. The maximum absolute atomic E-state index is 12.6. The monoisotopic (exact) mass is 491 g/mol. The Morgan fingerprint density at radius 2 is 1.74 bits per heavy atom. The van der Waals surface area contributed by atoms with Crippen molar-refractivity contribution in [2.75, 3.05) is 13.6 Å². The van der Waals surface area contributed by atoms with Crippen molar-refractivity contribution < 1.29 is 19.4 Å². The molecule has 1 amide bonds. The molecule has 5 nitrogen and oxygen atoms in total. The lowest BCUT2D eigenvalue weighted by Gasteiger charge is -2.31. The predicted octanol–water partition coefficient (Wildman–Crippen LogP) is 6.97. The quantitative estimate of drug-likeness (QED) is 0.351. The van der Waals surface area contributed by atoms with Crippen LogP contribution in [-0.4, -0.2) is 35.5 Å². The molecule has 1 aliphatic carbocycles. The van der Waals surface area contributed by atoms with E-state index >= 15 is 0 Å². The van der Waals surface area contributed by atoms with E-state index in [1.165, 1.54) is 45.0 Å². The predicted molar refractivity (Wildman–Crippen MR) is 140 cm³/mol. The highest BCUT2D eigenvalue weighted by Gasteiger charge is 2.30. The fourth-order valence-corrected chi connectivity index (χ4v) is 6.04. The second-order valence-corrected chi connectivity index (χ2v) is 10.4. The van der Waals surface area contributed by atoms with Gasteiger partial charge in [-0.2, -0.15) is 0 Å². The lowest BCUT2D eigenvalue weighted by Crippen LogP contribution is -2.29. The number of carboxylic acids is 1. The zero-order valence-electron chi connectivity index (χ0n) is 20.4. The zero-order chi connectivity index (χ0) is 24.8. The normalized spacial score (nSPS) is 14.9. The summed E-state index contributed by atoms with van der Waals surface area (Å²) in [7, 11) is 1.62. The molecule has 1 saturated carbocycles. The first-order chi connectivity index (χ1) is 16.9. The van der Waals surface area contributed by atoms with Gasteiger partial charge in [0.2, 0.25) is 0 Å². The number of benzene rings is 2. The van der Waals surface area contributed by atoms with Crippen molar-refractivity contribution in [3.63, 3.8) is 0 Å². The summed E-state index contributed by atoms with van der Waals surface area (Å²) in [6.45, 7) is 2.35. The first-order valence-corrected chi connectivity index (χ1v) is 13.1. The second kappa shape index (κ2) is 11.5. The van der Waals surface area contributed by atoms with Crippen LogP contribution in [0.5, 0.6) is 5.75 Å². The fourth-order valence-electron chi connectivity index (χ4n) is 4.73. The highest BCUT2D eigenvalue weighted by atomic mass is 32.1. The summed E-state index contributed by atoms with van der Waals surface area (Å²) >= 11 is 1.82. The first kappa shape index (κ1) is 25.0. The maximum Gasteiger partial charge on any atom is 0.305 e. The highest BCUT2D eigenvalue weighted by Crippen LogP contribution is 2.43. The average molecular weight is 492 g/mol. The molecule has 1 unspecified atom stereocenters. The minimum atomic E-state index is -0.915. The molecule has 1 aromatic heterocycles. The van der Waals surface area contributed by atoms with E-state index in [0.29, 0.717) is 11.5 Å². The molecule has 0 bridgehead atoms. The van der Waals surface area contributed by atoms with Crippen LogP contribution in [0.25, 0.3) is 10.4 Å². The highest BCUT2D eigenvalue weighted by molar-refractivity contribution is 7.15. The van der Waals surface area contributed by atoms with Gasteiger partial charge in [-0.1, -0.05) is 49.6 Å². The van der Waals surface area contributed by atoms with Crippen LogP contribution in [-0.2, 0) is 4.79 Å². The molecule has 1 N–H and O–H groups in total. The van der Waals surface area contributed by atoms with Crippen LogP contribution in [0, 0.1) is 12.8 Å². The molecule has 0 radical (unpaired) electrons. The number of rotatable bonds is 9. The third kappa shape index (κ3) is 6.31. The zero-order valence-corrected chi connectivity index (χ0v) is 21.2. The standard InChI is InChI=1S/C29H33NO4S/c1-20-19-25(21-9-5-3-6-10-21)35-28(20)27(22-11-7-4-8-12-22)34-24-15-13-23(14-16-24)29(33)30(2)18-17-26(31)32/h3,5-6,9-10,13-16,19,22,27H,4,7-8,11-12,17-18H2,1-2H3,(H,31,32). The topological polar surface area (TPSA) is 66.8 Å². The third-order valence-electron chi connectivity index (χ3n) is 6.72. The molecule has 1 atom stereocenters. The largest absolute Gasteiger partial charge is 0.485 e. The van der Waals surface area contributed by atoms with E-state index in [4.69, 9.17) is 9.84 Å². The number of nitrogens with zero attached hydrogens (tertiary/aromatic N) is 1. The molecule has 0 saturated heterocycles. The van der Waals surface area contributed by atoms with E-state index in [1.807, 2.05) is 29.5 Å². The van der Waals surface area contributed by atoms with Gasteiger partial charge in [-0.3, -0.25) is 9.59 Å². The Morgan fingerprint density at radius 1 is 1.06 bits per heavy atom. The summed E-state index contributed by atoms with van der Waals surface area (Å²) < 4.78 is 6.65. The smallest absolute Gasteiger partial charge is 0.305 e. The van der Waals surface area contributed by atoms with Crippen molar-refractivity contribution in [2.45, 2.75) is 51.6 Å². The Balaban J connectivity index is 1.54. The fraction of sp³-hybridized carbons (Fsp3) is 0.379. The molecule has 35 heavy (non-hydrogen) atoms. The Bertz CT molecular complexity index is 1130. The van der Waals surface area contributed by atoms with Crippen molar-refractivity contribution >= 4 is 23.2 Å². The molecule has 1 fully saturated rings. The molecule has 4 rings (SSSR count). The van der Waals surface area contributed by atoms with Crippen molar-refractivity contribution in [1.29, 1.82) is 0 Å². The van der Waals surface area contributed by atoms with Crippen LogP contribution < -0.4 is 4.74 Å². The molecule has 1 heterocycles. The number of carbonyl (C=O) groups excluding carboxylic acids is 1. The lowest BCUT2D eigenvalue weighted by atomic mass is 9.84. The molecule has 184 valence electrons. The van der Waals surface area contributed by atoms with Gasteiger partial charge in [-0.15, -0.1) is 11.3 Å². The van der Waals surface area contributed by atoms with Crippen LogP contribution in [0.1, 0.15) is 65.4 Å². The lowest BCUT2D eigenvalue weighted by molar-refractivity contribution is -0.137. The Kier molecular flexibility index (Phi) is 8.24. The van der Waals surface area contributed by atoms with Crippen LogP contribution in [0.15, 0.2) is 60.7 Å². The molecule has 3 aromatic rings. The Labute approximate surface area is 211 Å². The number of amides is 1. The van der Waals surface area contributed by atoms with E-state index < -0.39 is 5.97 Å². The van der Waals surface area contributed by atoms with Crippen LogP contribution >= 0.6 is 11.3 Å². The van der Waals surface area contributed by atoms with Gasteiger partial charge in [0.15, 0.2) is 0 Å². The second-order valence-electron chi connectivity index (χ2n) is 9.36. The number of aliphatic carboxylic acids is 1. The summed E-state index contributed by atoms with van der Waals surface area (Å²) in [5.74, 6) is 0.109. The van der Waals surface area contributed by atoms with Crippen LogP contribution in [0.2, 0.25) is 0 Å². The SMILES string of the molecule is Cc1cc(-c2ccccc2)sc1C(Oc1ccc(C(=O)N(C)CCC(=O)O)cc1)C1CCCCC1. The maximum atomic E-state index is 12.6. The number of ether oxygens (including phenoxy) is 1. The number of carbonyl (C=O) groups is 2. The summed E-state index contributed by atoms with van der Waals surface area (Å²) in [6, 6.07) is 20.0. The first-order valence-electron chi connectivity index (χ1n) is 12.3.